The molecule has 0 atom stereocenters. The van der Waals surface area contributed by atoms with Gasteiger partial charge in [-0.2, -0.15) is 0 Å². The Bertz CT molecular complexity index is 673. The van der Waals surface area contributed by atoms with Gasteiger partial charge < -0.3 is 0 Å². The molecule has 0 radical (unpaired) electrons. The van der Waals surface area contributed by atoms with Crippen LogP contribution >= 0.6 is 0 Å². The van der Waals surface area contributed by atoms with E-state index in [1.54, 1.807) is 17.3 Å². The molecule has 0 aromatic heterocycles. The molecule has 2 aromatic carbocycles. The summed E-state index contributed by atoms with van der Waals surface area (Å²) in [5.74, 6) is -0.0335. The monoisotopic (exact) mass is 290 g/mol. The SMILES string of the molecule is CC(=O)N(C=CC=CC=Nc1ccccc1)c1ccccc1. The van der Waals surface area contributed by atoms with Crippen molar-refractivity contribution in [3.63, 3.8) is 0 Å². The molecule has 0 aliphatic heterocycles. The van der Waals surface area contributed by atoms with Crippen LogP contribution in [0.1, 0.15) is 6.92 Å². The van der Waals surface area contributed by atoms with E-state index in [4.69, 9.17) is 0 Å². The molecule has 22 heavy (non-hydrogen) atoms. The molecule has 3 nitrogen and oxygen atoms in total. The molecule has 0 fully saturated rings. The Labute approximate surface area is 130 Å². The van der Waals surface area contributed by atoms with Crippen LogP contribution in [0.25, 0.3) is 0 Å². The second kappa shape index (κ2) is 8.37. The lowest BCUT2D eigenvalue weighted by Crippen LogP contribution is -2.21. The maximum absolute atomic E-state index is 11.7. The highest BCUT2D eigenvalue weighted by atomic mass is 16.2. The van der Waals surface area contributed by atoms with Gasteiger partial charge in [-0.15, -0.1) is 0 Å². The molecule has 0 saturated carbocycles. The fourth-order valence-corrected chi connectivity index (χ4v) is 1.85. The summed E-state index contributed by atoms with van der Waals surface area (Å²) in [7, 11) is 0. The number of carbonyl (C=O) groups excluding carboxylic acids is 1. The van der Waals surface area contributed by atoms with Crippen molar-refractivity contribution >= 4 is 23.5 Å². The lowest BCUT2D eigenvalue weighted by Gasteiger charge is -2.15. The largest absolute Gasteiger partial charge is 0.288 e. The Kier molecular flexibility index (Phi) is 5.88. The highest BCUT2D eigenvalue weighted by molar-refractivity contribution is 5.93. The van der Waals surface area contributed by atoms with Gasteiger partial charge in [-0.3, -0.25) is 14.7 Å². The molecular weight excluding hydrogens is 272 g/mol. The Morgan fingerprint density at radius 3 is 2.18 bits per heavy atom. The lowest BCUT2D eigenvalue weighted by molar-refractivity contribution is -0.116. The molecule has 0 heterocycles. The van der Waals surface area contributed by atoms with E-state index < -0.39 is 0 Å². The summed E-state index contributed by atoms with van der Waals surface area (Å²) in [5.41, 5.74) is 1.75. The van der Waals surface area contributed by atoms with E-state index in [-0.39, 0.29) is 5.91 Å². The molecule has 110 valence electrons. The third-order valence-corrected chi connectivity index (χ3v) is 2.90. The van der Waals surface area contributed by atoms with Gasteiger partial charge in [-0.1, -0.05) is 42.5 Å². The molecular formula is C19H18N2O. The van der Waals surface area contributed by atoms with Gasteiger partial charge in [-0.25, -0.2) is 0 Å². The summed E-state index contributed by atoms with van der Waals surface area (Å²) in [5, 5.41) is 0. The van der Waals surface area contributed by atoms with Crippen LogP contribution in [-0.4, -0.2) is 12.1 Å². The maximum Gasteiger partial charge on any atom is 0.227 e. The van der Waals surface area contributed by atoms with Gasteiger partial charge >= 0.3 is 0 Å². The van der Waals surface area contributed by atoms with E-state index in [1.165, 1.54) is 6.92 Å². The molecule has 0 aliphatic carbocycles. The van der Waals surface area contributed by atoms with Crippen LogP contribution in [-0.2, 0) is 4.79 Å². The van der Waals surface area contributed by atoms with Crippen molar-refractivity contribution in [1.82, 2.24) is 0 Å². The van der Waals surface area contributed by atoms with E-state index in [9.17, 15) is 4.79 Å². The van der Waals surface area contributed by atoms with Crippen molar-refractivity contribution in [3.8, 4) is 0 Å². The summed E-state index contributed by atoms with van der Waals surface area (Å²) in [6.07, 6.45) is 8.94. The number of hydrogen-bond acceptors (Lipinski definition) is 2. The number of anilines is 1. The van der Waals surface area contributed by atoms with Crippen molar-refractivity contribution in [3.05, 3.63) is 85.1 Å². The quantitative estimate of drug-likeness (QED) is 0.589. The van der Waals surface area contributed by atoms with E-state index in [0.717, 1.165) is 11.4 Å². The standard InChI is InChI=1S/C19H18N2O/c1-17(22)21(19-13-7-3-8-14-19)16-10-4-9-15-20-18-11-5-2-6-12-18/h2-16H,1H3. The molecule has 1 amide bonds. The Morgan fingerprint density at radius 2 is 1.55 bits per heavy atom. The summed E-state index contributed by atoms with van der Waals surface area (Å²) in [4.78, 5) is 17.6. The second-order valence-electron chi connectivity index (χ2n) is 4.56. The van der Waals surface area contributed by atoms with Gasteiger partial charge in [0.1, 0.15) is 0 Å². The number of aliphatic imine (C=N–C) groups is 1. The van der Waals surface area contributed by atoms with Gasteiger partial charge in [0.25, 0.3) is 0 Å². The van der Waals surface area contributed by atoms with Gasteiger partial charge in [0.15, 0.2) is 0 Å². The molecule has 0 aliphatic rings. The summed E-state index contributed by atoms with van der Waals surface area (Å²) in [6.45, 7) is 1.54. The maximum atomic E-state index is 11.7. The van der Waals surface area contributed by atoms with E-state index >= 15 is 0 Å². The number of nitrogens with zero attached hydrogens (tertiary/aromatic N) is 2. The minimum Gasteiger partial charge on any atom is -0.288 e. The zero-order valence-corrected chi connectivity index (χ0v) is 12.5. The van der Waals surface area contributed by atoms with Gasteiger partial charge in [0, 0.05) is 25.0 Å². The molecule has 0 saturated heterocycles. The second-order valence-corrected chi connectivity index (χ2v) is 4.56. The average molecular weight is 290 g/mol. The number of hydrogen-bond donors (Lipinski definition) is 0. The molecule has 0 bridgehead atoms. The lowest BCUT2D eigenvalue weighted by atomic mass is 10.3. The first kappa shape index (κ1) is 15.4. The number of amides is 1. The van der Waals surface area contributed by atoms with Crippen LogP contribution in [0.5, 0.6) is 0 Å². The number of para-hydroxylation sites is 2. The van der Waals surface area contributed by atoms with Gasteiger partial charge in [-0.05, 0) is 36.4 Å². The fourth-order valence-electron chi connectivity index (χ4n) is 1.85. The number of carbonyl (C=O) groups is 1. The number of allylic oxidation sites excluding steroid dienone is 3. The average Bonchev–Trinajstić information content (AvgIpc) is 2.55. The summed E-state index contributed by atoms with van der Waals surface area (Å²) in [6, 6.07) is 19.2. The number of rotatable bonds is 5. The minimum atomic E-state index is -0.0335. The van der Waals surface area contributed by atoms with Crippen LogP contribution in [0.15, 0.2) is 90.1 Å². The molecule has 2 rings (SSSR count). The van der Waals surface area contributed by atoms with Crippen molar-refractivity contribution in [1.29, 1.82) is 0 Å². The summed E-state index contributed by atoms with van der Waals surface area (Å²) >= 11 is 0. The predicted octanol–water partition coefficient (Wildman–Crippen LogP) is 4.51. The first-order valence-corrected chi connectivity index (χ1v) is 7.05. The zero-order chi connectivity index (χ0) is 15.6. The van der Waals surface area contributed by atoms with Crippen molar-refractivity contribution < 1.29 is 4.79 Å². The molecule has 0 N–H and O–H groups in total. The van der Waals surface area contributed by atoms with E-state index in [2.05, 4.69) is 4.99 Å². The van der Waals surface area contributed by atoms with Crippen LogP contribution in [0.2, 0.25) is 0 Å². The highest BCUT2D eigenvalue weighted by Crippen LogP contribution is 2.13. The number of benzene rings is 2. The van der Waals surface area contributed by atoms with E-state index in [0.29, 0.717) is 0 Å². The topological polar surface area (TPSA) is 32.7 Å². The zero-order valence-electron chi connectivity index (χ0n) is 12.5. The van der Waals surface area contributed by atoms with Crippen molar-refractivity contribution in [2.45, 2.75) is 6.92 Å². The normalized spacial score (nSPS) is 11.5. The Hall–Kier alpha value is -2.94. The minimum absolute atomic E-state index is 0.0335. The van der Waals surface area contributed by atoms with Crippen molar-refractivity contribution in [2.75, 3.05) is 4.90 Å². The van der Waals surface area contributed by atoms with Crippen molar-refractivity contribution in [2.24, 2.45) is 4.99 Å². The third-order valence-electron chi connectivity index (χ3n) is 2.90. The first-order chi connectivity index (χ1) is 10.8. The van der Waals surface area contributed by atoms with Gasteiger partial charge in [0.05, 0.1) is 5.69 Å². The molecule has 2 aromatic rings. The highest BCUT2D eigenvalue weighted by Gasteiger charge is 2.05. The summed E-state index contributed by atoms with van der Waals surface area (Å²) < 4.78 is 0. The molecule has 0 unspecified atom stereocenters. The fraction of sp³-hybridized carbons (Fsp3) is 0.0526. The first-order valence-electron chi connectivity index (χ1n) is 7.05. The van der Waals surface area contributed by atoms with Gasteiger partial charge in [0.2, 0.25) is 5.91 Å². The predicted molar refractivity (Wildman–Crippen MR) is 92.5 cm³/mol. The smallest absolute Gasteiger partial charge is 0.227 e. The van der Waals surface area contributed by atoms with Crippen LogP contribution in [0.4, 0.5) is 11.4 Å². The Balaban J connectivity index is 1.96. The van der Waals surface area contributed by atoms with E-state index in [1.807, 2.05) is 78.9 Å². The molecule has 0 spiro atoms. The molecule has 3 heteroatoms. The van der Waals surface area contributed by atoms with Crippen LogP contribution in [0, 0.1) is 0 Å². The Morgan fingerprint density at radius 1 is 0.909 bits per heavy atom. The van der Waals surface area contributed by atoms with Crippen LogP contribution < -0.4 is 4.90 Å². The third kappa shape index (κ3) is 4.87. The van der Waals surface area contributed by atoms with Crippen LogP contribution in [0.3, 0.4) is 0 Å².